The summed E-state index contributed by atoms with van der Waals surface area (Å²) in [7, 11) is 0. The summed E-state index contributed by atoms with van der Waals surface area (Å²) in [4.78, 5) is 21.1. The van der Waals surface area contributed by atoms with Crippen LogP contribution in [0.1, 0.15) is 16.2 Å². The molecule has 4 rings (SSSR count). The summed E-state index contributed by atoms with van der Waals surface area (Å²) in [6, 6.07) is 14.0. The van der Waals surface area contributed by atoms with Gasteiger partial charge in [-0.1, -0.05) is 35.2 Å². The second-order valence-corrected chi connectivity index (χ2v) is 6.98. The van der Waals surface area contributed by atoms with Gasteiger partial charge >= 0.3 is 0 Å². The first-order valence-corrected chi connectivity index (χ1v) is 9.76. The minimum atomic E-state index is -1.06. The highest BCUT2D eigenvalue weighted by Crippen LogP contribution is 2.23. The summed E-state index contributed by atoms with van der Waals surface area (Å²) in [5, 5.41) is 11.2. The van der Waals surface area contributed by atoms with E-state index in [-0.39, 0.29) is 11.4 Å². The fourth-order valence-corrected chi connectivity index (χ4v) is 3.44. The number of nitrogens with zero attached hydrogens (tertiary/aromatic N) is 5. The third-order valence-corrected chi connectivity index (χ3v) is 4.92. The lowest BCUT2D eigenvalue weighted by Gasteiger charge is -2.08. The topological polar surface area (TPSA) is 85.6 Å². The molecule has 0 radical (unpaired) electrons. The second kappa shape index (κ2) is 8.78. The molecule has 150 valence electrons. The molecular weight excluding hydrogens is 410 g/mol. The summed E-state index contributed by atoms with van der Waals surface area (Å²) in [6.07, 6.45) is 3.25. The monoisotopic (exact) mass is 424 g/mol. The van der Waals surface area contributed by atoms with Crippen molar-refractivity contribution in [2.24, 2.45) is 0 Å². The van der Waals surface area contributed by atoms with Crippen LogP contribution >= 0.6 is 11.8 Å². The number of halogens is 2. The summed E-state index contributed by atoms with van der Waals surface area (Å²) in [5.41, 5.74) is 1.41. The van der Waals surface area contributed by atoms with Crippen LogP contribution < -0.4 is 5.32 Å². The number of aromatic nitrogens is 5. The van der Waals surface area contributed by atoms with Crippen LogP contribution in [0.15, 0.2) is 72.1 Å². The lowest BCUT2D eigenvalue weighted by molar-refractivity contribution is 0.102. The van der Waals surface area contributed by atoms with E-state index < -0.39 is 17.5 Å². The van der Waals surface area contributed by atoms with Crippen LogP contribution in [0.25, 0.3) is 5.69 Å². The number of hydrogen-bond donors (Lipinski definition) is 1. The van der Waals surface area contributed by atoms with Crippen LogP contribution in [0.2, 0.25) is 0 Å². The van der Waals surface area contributed by atoms with E-state index in [0.717, 1.165) is 17.8 Å². The lowest BCUT2D eigenvalue weighted by Crippen LogP contribution is -2.15. The third-order valence-electron chi connectivity index (χ3n) is 4.04. The van der Waals surface area contributed by atoms with Crippen LogP contribution in [-0.2, 0) is 5.75 Å². The van der Waals surface area contributed by atoms with Crippen LogP contribution in [-0.4, -0.2) is 30.9 Å². The largest absolute Gasteiger partial charge is 0.320 e. The van der Waals surface area contributed by atoms with Crippen LogP contribution in [0.4, 0.5) is 14.5 Å². The quantitative estimate of drug-likeness (QED) is 0.374. The fraction of sp³-hybridized carbons (Fsp3) is 0.0500. The maximum Gasteiger partial charge on any atom is 0.278 e. The molecule has 0 bridgehead atoms. The first-order valence-electron chi connectivity index (χ1n) is 8.78. The molecule has 2 aromatic carbocycles. The first kappa shape index (κ1) is 19.6. The average Bonchev–Trinajstić information content (AvgIpc) is 3.20. The number of rotatable bonds is 6. The predicted octanol–water partition coefficient (Wildman–Crippen LogP) is 3.88. The van der Waals surface area contributed by atoms with Gasteiger partial charge in [0, 0.05) is 29.9 Å². The molecule has 10 heteroatoms. The molecule has 7 nitrogen and oxygen atoms in total. The zero-order valence-corrected chi connectivity index (χ0v) is 16.2. The molecule has 0 saturated carbocycles. The van der Waals surface area contributed by atoms with Crippen molar-refractivity contribution in [2.45, 2.75) is 10.9 Å². The van der Waals surface area contributed by atoms with Gasteiger partial charge in [-0.05, 0) is 30.3 Å². The minimum absolute atomic E-state index is 0.0621. The van der Waals surface area contributed by atoms with Crippen LogP contribution in [0.5, 0.6) is 0 Å². The number of amides is 1. The van der Waals surface area contributed by atoms with Crippen molar-refractivity contribution in [3.05, 3.63) is 90.0 Å². The molecule has 30 heavy (non-hydrogen) atoms. The van der Waals surface area contributed by atoms with Gasteiger partial charge in [0.05, 0.1) is 11.4 Å². The highest BCUT2D eigenvalue weighted by Gasteiger charge is 2.21. The molecule has 4 aromatic rings. The standard InChI is InChI=1S/C20H14F2N6OS/c21-15-8-7-13(11-16(15)22)25-19(29)18-17(12-30-20-23-9-4-10-24-20)28(27-26-18)14-5-2-1-3-6-14/h1-11H,12H2,(H,25,29). The van der Waals surface area contributed by atoms with Crippen molar-refractivity contribution >= 4 is 23.4 Å². The third kappa shape index (κ3) is 4.33. The smallest absolute Gasteiger partial charge is 0.278 e. The number of para-hydroxylation sites is 1. The zero-order chi connectivity index (χ0) is 20.9. The van der Waals surface area contributed by atoms with E-state index in [2.05, 4.69) is 25.6 Å². The van der Waals surface area contributed by atoms with Gasteiger partial charge in [0.2, 0.25) is 0 Å². The molecule has 0 fully saturated rings. The first-order chi connectivity index (χ1) is 14.6. The van der Waals surface area contributed by atoms with E-state index in [0.29, 0.717) is 16.6 Å². The van der Waals surface area contributed by atoms with E-state index in [1.54, 1.807) is 23.1 Å². The molecule has 1 amide bonds. The lowest BCUT2D eigenvalue weighted by atomic mass is 10.2. The molecule has 1 N–H and O–H groups in total. The van der Waals surface area contributed by atoms with Crippen molar-refractivity contribution < 1.29 is 13.6 Å². The molecule has 0 aliphatic carbocycles. The zero-order valence-electron chi connectivity index (χ0n) is 15.4. The average molecular weight is 424 g/mol. The number of carbonyl (C=O) groups excluding carboxylic acids is 1. The Morgan fingerprint density at radius 3 is 2.50 bits per heavy atom. The summed E-state index contributed by atoms with van der Waals surface area (Å²) in [5.74, 6) is -2.33. The molecule has 0 aliphatic heterocycles. The molecule has 0 spiro atoms. The van der Waals surface area contributed by atoms with Crippen molar-refractivity contribution in [1.29, 1.82) is 0 Å². The Bertz CT molecular complexity index is 1170. The van der Waals surface area contributed by atoms with Crippen LogP contribution in [0.3, 0.4) is 0 Å². The number of benzene rings is 2. The van der Waals surface area contributed by atoms with Gasteiger partial charge in [-0.15, -0.1) is 5.10 Å². The molecule has 0 saturated heterocycles. The summed E-state index contributed by atoms with van der Waals surface area (Å²) in [6.45, 7) is 0. The van der Waals surface area contributed by atoms with Gasteiger partial charge in [0.15, 0.2) is 22.5 Å². The number of hydrogen-bond acceptors (Lipinski definition) is 6. The van der Waals surface area contributed by atoms with Gasteiger partial charge in [-0.25, -0.2) is 23.4 Å². The molecule has 2 heterocycles. The summed E-state index contributed by atoms with van der Waals surface area (Å²) >= 11 is 1.32. The van der Waals surface area contributed by atoms with Gasteiger partial charge in [-0.2, -0.15) is 0 Å². The molecule has 2 aromatic heterocycles. The van der Waals surface area contributed by atoms with Crippen molar-refractivity contribution in [1.82, 2.24) is 25.0 Å². The summed E-state index contributed by atoms with van der Waals surface area (Å²) < 4.78 is 28.2. The fourth-order valence-electron chi connectivity index (χ4n) is 2.64. The normalized spacial score (nSPS) is 10.7. The Balaban J connectivity index is 1.65. The highest BCUT2D eigenvalue weighted by atomic mass is 32.2. The highest BCUT2D eigenvalue weighted by molar-refractivity contribution is 7.98. The van der Waals surface area contributed by atoms with Gasteiger partial charge < -0.3 is 5.32 Å². The van der Waals surface area contributed by atoms with E-state index in [4.69, 9.17) is 0 Å². The Morgan fingerprint density at radius 2 is 1.77 bits per heavy atom. The van der Waals surface area contributed by atoms with E-state index >= 15 is 0 Å². The van der Waals surface area contributed by atoms with E-state index in [1.165, 1.54) is 17.8 Å². The maximum atomic E-state index is 13.5. The minimum Gasteiger partial charge on any atom is -0.320 e. The van der Waals surface area contributed by atoms with Gasteiger partial charge in [0.25, 0.3) is 5.91 Å². The second-order valence-electron chi connectivity index (χ2n) is 6.04. The molecule has 0 unspecified atom stereocenters. The maximum absolute atomic E-state index is 13.5. The molecular formula is C20H14F2N6OS. The number of nitrogens with one attached hydrogen (secondary N) is 1. The van der Waals surface area contributed by atoms with E-state index in [1.807, 2.05) is 30.3 Å². The van der Waals surface area contributed by atoms with Crippen LogP contribution in [0, 0.1) is 11.6 Å². The number of thioether (sulfide) groups is 1. The Labute approximate surface area is 174 Å². The molecule has 0 aliphatic rings. The Hall–Kier alpha value is -3.66. The number of carbonyl (C=O) groups is 1. The van der Waals surface area contributed by atoms with Crippen molar-refractivity contribution in [3.8, 4) is 5.69 Å². The Kier molecular flexibility index (Phi) is 5.75. The predicted molar refractivity (Wildman–Crippen MR) is 107 cm³/mol. The molecule has 0 atom stereocenters. The van der Waals surface area contributed by atoms with Gasteiger partial charge in [-0.3, -0.25) is 4.79 Å². The van der Waals surface area contributed by atoms with Gasteiger partial charge in [0.1, 0.15) is 0 Å². The van der Waals surface area contributed by atoms with Crippen molar-refractivity contribution in [3.63, 3.8) is 0 Å². The SMILES string of the molecule is O=C(Nc1ccc(F)c(F)c1)c1nnn(-c2ccccc2)c1CSc1ncccn1. The number of anilines is 1. The Morgan fingerprint density at radius 1 is 1.00 bits per heavy atom. The van der Waals surface area contributed by atoms with Crippen molar-refractivity contribution in [2.75, 3.05) is 5.32 Å². The van der Waals surface area contributed by atoms with E-state index in [9.17, 15) is 13.6 Å².